The lowest BCUT2D eigenvalue weighted by molar-refractivity contribution is -0.140. The number of carbonyl (C=O) groups is 2. The van der Waals surface area contributed by atoms with Crippen LogP contribution >= 0.6 is 0 Å². The molecule has 0 radical (unpaired) electrons. The lowest BCUT2D eigenvalue weighted by atomic mass is 10.1. The van der Waals surface area contributed by atoms with Gasteiger partial charge >= 0.3 is 0 Å². The van der Waals surface area contributed by atoms with Crippen LogP contribution in [-0.2, 0) is 26.2 Å². The fraction of sp³-hybridized carbons (Fsp3) is 0.355. The summed E-state index contributed by atoms with van der Waals surface area (Å²) >= 11 is 0. The molecular formula is C31H39N3O5S. The van der Waals surface area contributed by atoms with Crippen LogP contribution in [0.3, 0.4) is 0 Å². The van der Waals surface area contributed by atoms with Crippen LogP contribution in [-0.4, -0.2) is 51.4 Å². The molecule has 0 saturated carbocycles. The molecule has 3 rings (SSSR count). The van der Waals surface area contributed by atoms with Gasteiger partial charge in [-0.25, -0.2) is 8.42 Å². The molecule has 1 N–H and O–H groups in total. The highest BCUT2D eigenvalue weighted by Gasteiger charge is 2.33. The number of benzene rings is 3. The molecule has 8 nitrogen and oxygen atoms in total. The molecule has 0 unspecified atom stereocenters. The summed E-state index contributed by atoms with van der Waals surface area (Å²) < 4.78 is 34.0. The van der Waals surface area contributed by atoms with Gasteiger partial charge in [-0.1, -0.05) is 62.7 Å². The predicted octanol–water partition coefficient (Wildman–Crippen LogP) is 4.92. The third-order valence-electron chi connectivity index (χ3n) is 6.79. The fourth-order valence-electron chi connectivity index (χ4n) is 4.39. The van der Waals surface area contributed by atoms with Gasteiger partial charge in [0.1, 0.15) is 18.3 Å². The minimum absolute atomic E-state index is 0.0634. The van der Waals surface area contributed by atoms with Crippen molar-refractivity contribution in [3.63, 3.8) is 0 Å². The van der Waals surface area contributed by atoms with E-state index in [4.69, 9.17) is 4.74 Å². The lowest BCUT2D eigenvalue weighted by Crippen LogP contribution is -2.52. The molecule has 0 heterocycles. The van der Waals surface area contributed by atoms with Crippen LogP contribution in [0.2, 0.25) is 0 Å². The molecule has 0 fully saturated rings. The van der Waals surface area contributed by atoms with E-state index in [1.54, 1.807) is 42.5 Å². The highest BCUT2D eigenvalue weighted by molar-refractivity contribution is 7.92. The van der Waals surface area contributed by atoms with E-state index in [0.717, 1.165) is 28.3 Å². The number of nitrogens with zero attached hydrogens (tertiary/aromatic N) is 2. The Morgan fingerprint density at radius 1 is 0.925 bits per heavy atom. The number of ether oxygens (including phenoxy) is 1. The predicted molar refractivity (Wildman–Crippen MR) is 158 cm³/mol. The monoisotopic (exact) mass is 565 g/mol. The summed E-state index contributed by atoms with van der Waals surface area (Å²) in [6.07, 6.45) is 2.13. The molecule has 0 saturated heterocycles. The maximum Gasteiger partial charge on any atom is 0.264 e. The van der Waals surface area contributed by atoms with Gasteiger partial charge in [0.2, 0.25) is 11.8 Å². The second-order valence-corrected chi connectivity index (χ2v) is 11.4. The largest absolute Gasteiger partial charge is 0.497 e. The molecule has 0 aromatic heterocycles. The van der Waals surface area contributed by atoms with Gasteiger partial charge in [-0.05, 0) is 67.3 Å². The Labute approximate surface area is 238 Å². The molecule has 0 bridgehead atoms. The van der Waals surface area contributed by atoms with Crippen LogP contribution in [0.15, 0.2) is 83.8 Å². The van der Waals surface area contributed by atoms with E-state index in [1.807, 2.05) is 45.0 Å². The van der Waals surface area contributed by atoms with Crippen LogP contribution in [0.1, 0.15) is 44.2 Å². The van der Waals surface area contributed by atoms with E-state index in [1.165, 1.54) is 24.1 Å². The molecule has 0 spiro atoms. The second-order valence-electron chi connectivity index (χ2n) is 9.54. The van der Waals surface area contributed by atoms with E-state index in [-0.39, 0.29) is 17.3 Å². The number of unbranched alkanes of at least 4 members (excludes halogenated alkanes) is 1. The maximum absolute atomic E-state index is 14.1. The number of methoxy groups -OCH3 is 1. The number of anilines is 1. The Balaban J connectivity index is 2.03. The topological polar surface area (TPSA) is 96.0 Å². The number of carbonyl (C=O) groups excluding carboxylic acids is 2. The van der Waals surface area contributed by atoms with Gasteiger partial charge in [-0.2, -0.15) is 0 Å². The van der Waals surface area contributed by atoms with Gasteiger partial charge in [0.15, 0.2) is 0 Å². The average Bonchev–Trinajstić information content (AvgIpc) is 2.97. The van der Waals surface area contributed by atoms with E-state index < -0.39 is 28.5 Å². The number of rotatable bonds is 14. The molecule has 1 atom stereocenters. The minimum Gasteiger partial charge on any atom is -0.497 e. The van der Waals surface area contributed by atoms with Crippen molar-refractivity contribution in [2.45, 2.75) is 57.5 Å². The molecule has 3 aromatic rings. The van der Waals surface area contributed by atoms with Gasteiger partial charge < -0.3 is 15.0 Å². The van der Waals surface area contributed by atoms with Crippen molar-refractivity contribution >= 4 is 27.5 Å². The summed E-state index contributed by atoms with van der Waals surface area (Å²) in [6, 6.07) is 21.4. The molecule has 9 heteroatoms. The molecule has 0 aliphatic rings. The van der Waals surface area contributed by atoms with Crippen molar-refractivity contribution in [1.82, 2.24) is 10.2 Å². The van der Waals surface area contributed by atoms with Crippen LogP contribution in [0.25, 0.3) is 0 Å². The van der Waals surface area contributed by atoms with Crippen molar-refractivity contribution in [2.24, 2.45) is 0 Å². The quantitative estimate of drug-likeness (QED) is 0.280. The van der Waals surface area contributed by atoms with Crippen molar-refractivity contribution in [3.8, 4) is 5.75 Å². The third-order valence-corrected chi connectivity index (χ3v) is 8.58. The number of hydrogen-bond acceptors (Lipinski definition) is 5. The molecular weight excluding hydrogens is 526 g/mol. The van der Waals surface area contributed by atoms with Gasteiger partial charge in [0.25, 0.3) is 10.0 Å². The number of amides is 2. The molecule has 214 valence electrons. The first-order valence-electron chi connectivity index (χ1n) is 13.6. The van der Waals surface area contributed by atoms with Gasteiger partial charge in [0, 0.05) is 13.1 Å². The highest BCUT2D eigenvalue weighted by Crippen LogP contribution is 2.27. The maximum atomic E-state index is 14.1. The van der Waals surface area contributed by atoms with E-state index in [2.05, 4.69) is 5.32 Å². The number of sulfonamides is 1. The summed E-state index contributed by atoms with van der Waals surface area (Å²) in [7, 11) is -2.58. The second kappa shape index (κ2) is 14.5. The fourth-order valence-corrected chi connectivity index (χ4v) is 5.83. The molecule has 0 aliphatic carbocycles. The van der Waals surface area contributed by atoms with E-state index in [9.17, 15) is 18.0 Å². The number of nitrogens with one attached hydrogen (secondary N) is 1. The van der Waals surface area contributed by atoms with Gasteiger partial charge in [-0.15, -0.1) is 0 Å². The zero-order valence-corrected chi connectivity index (χ0v) is 24.5. The highest BCUT2D eigenvalue weighted by atomic mass is 32.2. The van der Waals surface area contributed by atoms with Crippen LogP contribution in [0.5, 0.6) is 5.75 Å². The van der Waals surface area contributed by atoms with E-state index >= 15 is 0 Å². The first kappa shape index (κ1) is 30.7. The van der Waals surface area contributed by atoms with Crippen molar-refractivity contribution < 1.29 is 22.7 Å². The summed E-state index contributed by atoms with van der Waals surface area (Å²) in [5.41, 5.74) is 2.18. The lowest BCUT2D eigenvalue weighted by Gasteiger charge is -2.33. The molecule has 40 heavy (non-hydrogen) atoms. The smallest absolute Gasteiger partial charge is 0.264 e. The van der Waals surface area contributed by atoms with Crippen molar-refractivity contribution in [1.29, 1.82) is 0 Å². The Morgan fingerprint density at radius 3 is 2.17 bits per heavy atom. The van der Waals surface area contributed by atoms with Crippen LogP contribution in [0, 0.1) is 6.92 Å². The average molecular weight is 566 g/mol. The Hall–Kier alpha value is -3.85. The number of hydrogen-bond donors (Lipinski definition) is 1. The van der Waals surface area contributed by atoms with Gasteiger partial charge in [0.05, 0.1) is 17.7 Å². The zero-order valence-electron chi connectivity index (χ0n) is 23.7. The van der Waals surface area contributed by atoms with Crippen LogP contribution in [0.4, 0.5) is 5.69 Å². The van der Waals surface area contributed by atoms with E-state index in [0.29, 0.717) is 24.4 Å². The zero-order chi connectivity index (χ0) is 29.1. The summed E-state index contributed by atoms with van der Waals surface area (Å²) in [5, 5.41) is 2.95. The third kappa shape index (κ3) is 7.63. The molecule has 2 amide bonds. The standard InChI is InChI=1S/C31H39N3O5S/c1-5-7-21-32-31(36)29(6-2)33(22-25-14-12-11-13-24(25)3)30(35)23-34(26-17-19-27(39-4)20-18-26)40(37,38)28-15-9-8-10-16-28/h8-20,29H,5-7,21-23H2,1-4H3,(H,32,36)/t29-/m0/s1. The normalized spacial score (nSPS) is 11.9. The summed E-state index contributed by atoms with van der Waals surface area (Å²) in [5.74, 6) is -0.168. The summed E-state index contributed by atoms with van der Waals surface area (Å²) in [6.45, 7) is 6.05. The Kier molecular flexibility index (Phi) is 11.1. The molecule has 0 aliphatic heterocycles. The van der Waals surface area contributed by atoms with Crippen molar-refractivity contribution in [3.05, 3.63) is 90.0 Å². The molecule has 3 aromatic carbocycles. The Bertz CT molecular complexity index is 1360. The first-order chi connectivity index (χ1) is 19.2. The summed E-state index contributed by atoms with van der Waals surface area (Å²) in [4.78, 5) is 28.9. The van der Waals surface area contributed by atoms with Crippen LogP contribution < -0.4 is 14.4 Å². The Morgan fingerprint density at radius 2 is 1.57 bits per heavy atom. The van der Waals surface area contributed by atoms with Gasteiger partial charge in [-0.3, -0.25) is 13.9 Å². The minimum atomic E-state index is -4.11. The van der Waals surface area contributed by atoms with Crippen molar-refractivity contribution in [2.75, 3.05) is 24.5 Å². The SMILES string of the molecule is CCCCNC(=O)[C@H](CC)N(Cc1ccccc1C)C(=O)CN(c1ccc(OC)cc1)S(=O)(=O)c1ccccc1. The number of aryl methyl sites for hydroxylation is 1. The first-order valence-corrected chi connectivity index (χ1v) is 15.0.